The number of carbonyl (C=O) groups excluding carboxylic acids is 1. The Balaban J connectivity index is 4.67. The van der Waals surface area contributed by atoms with Crippen LogP contribution in [0.1, 0.15) is 34.1 Å². The summed E-state index contributed by atoms with van der Waals surface area (Å²) in [6, 6.07) is -0.832. The summed E-state index contributed by atoms with van der Waals surface area (Å²) in [5.41, 5.74) is 0.498. The van der Waals surface area contributed by atoms with Gasteiger partial charge in [-0.05, 0) is 19.8 Å². The number of aliphatic carboxylic acids is 1. The molecule has 2 atom stereocenters. The van der Waals surface area contributed by atoms with Crippen LogP contribution in [0.5, 0.6) is 0 Å². The van der Waals surface area contributed by atoms with E-state index in [1.807, 2.05) is 20.8 Å². The van der Waals surface area contributed by atoms with Gasteiger partial charge in [-0.2, -0.15) is 0 Å². The second kappa shape index (κ2) is 7.65. The quantitative estimate of drug-likeness (QED) is 0.551. The Morgan fingerprint density at radius 3 is 2.41 bits per heavy atom. The Morgan fingerprint density at radius 1 is 1.41 bits per heavy atom. The topological polar surface area (TPSA) is 66.4 Å². The molecule has 0 bridgehead atoms. The van der Waals surface area contributed by atoms with Crippen molar-refractivity contribution in [2.75, 3.05) is 0 Å². The van der Waals surface area contributed by atoms with E-state index in [1.165, 1.54) is 0 Å². The molecule has 4 nitrogen and oxygen atoms in total. The number of amides is 1. The molecule has 0 saturated heterocycles. The third kappa shape index (κ3) is 5.33. The van der Waals surface area contributed by atoms with Crippen molar-refractivity contribution in [3.8, 4) is 0 Å². The smallest absolute Gasteiger partial charge is 0.326 e. The Bertz CT molecular complexity index is 332. The van der Waals surface area contributed by atoms with Crippen LogP contribution in [0.4, 0.5) is 0 Å². The molecule has 1 amide bonds. The normalized spacial score (nSPS) is 15.6. The van der Waals surface area contributed by atoms with Crippen molar-refractivity contribution in [3.63, 3.8) is 0 Å². The van der Waals surface area contributed by atoms with Crippen molar-refractivity contribution in [2.24, 2.45) is 5.92 Å². The molecule has 0 aromatic carbocycles. The zero-order valence-electron chi connectivity index (χ0n) is 10.9. The molecular weight excluding hydrogens is 218 g/mol. The van der Waals surface area contributed by atoms with Gasteiger partial charge >= 0.3 is 5.97 Å². The second-order valence-corrected chi connectivity index (χ2v) is 4.05. The molecule has 0 radical (unpaired) electrons. The van der Waals surface area contributed by atoms with Crippen molar-refractivity contribution in [1.29, 1.82) is 0 Å². The number of hydrogen-bond acceptors (Lipinski definition) is 2. The molecule has 0 aliphatic carbocycles. The molecule has 2 N–H and O–H groups in total. The third-order valence-corrected chi connectivity index (χ3v) is 2.66. The summed E-state index contributed by atoms with van der Waals surface area (Å²) in [5, 5.41) is 11.6. The minimum Gasteiger partial charge on any atom is -0.480 e. The van der Waals surface area contributed by atoms with Crippen LogP contribution in [0.3, 0.4) is 0 Å². The largest absolute Gasteiger partial charge is 0.480 e. The summed E-state index contributed by atoms with van der Waals surface area (Å²) in [4.78, 5) is 22.7. The highest BCUT2D eigenvalue weighted by Gasteiger charge is 2.25. The van der Waals surface area contributed by atoms with Gasteiger partial charge in [0.2, 0.25) is 5.91 Å². The predicted octanol–water partition coefficient (Wildman–Crippen LogP) is 2.12. The van der Waals surface area contributed by atoms with E-state index in [9.17, 15) is 9.59 Å². The summed E-state index contributed by atoms with van der Waals surface area (Å²) >= 11 is 0. The van der Waals surface area contributed by atoms with Crippen LogP contribution in [0, 0.1) is 5.92 Å². The first-order valence-electron chi connectivity index (χ1n) is 5.77. The highest BCUT2D eigenvalue weighted by molar-refractivity contribution is 5.95. The Morgan fingerprint density at radius 2 is 2.00 bits per heavy atom. The number of carboxylic acids is 1. The van der Waals surface area contributed by atoms with Crippen LogP contribution in [0.2, 0.25) is 0 Å². The molecule has 96 valence electrons. The first-order valence-corrected chi connectivity index (χ1v) is 5.77. The monoisotopic (exact) mass is 239 g/mol. The van der Waals surface area contributed by atoms with Crippen LogP contribution in [0.25, 0.3) is 0 Å². The van der Waals surface area contributed by atoms with Gasteiger partial charge in [-0.25, -0.2) is 4.79 Å². The molecule has 0 unspecified atom stereocenters. The van der Waals surface area contributed by atoms with E-state index < -0.39 is 12.0 Å². The van der Waals surface area contributed by atoms with Gasteiger partial charge in [0.15, 0.2) is 0 Å². The average molecular weight is 239 g/mol. The van der Waals surface area contributed by atoms with Gasteiger partial charge in [0, 0.05) is 5.57 Å². The van der Waals surface area contributed by atoms with Crippen LogP contribution in [-0.2, 0) is 9.59 Å². The predicted molar refractivity (Wildman–Crippen MR) is 67.6 cm³/mol. The number of carboxylic acid groups (broad SMARTS) is 1. The van der Waals surface area contributed by atoms with Crippen LogP contribution in [0.15, 0.2) is 23.8 Å². The number of nitrogens with one attached hydrogen (secondary N) is 1. The van der Waals surface area contributed by atoms with Gasteiger partial charge in [0.25, 0.3) is 0 Å². The van der Waals surface area contributed by atoms with E-state index in [-0.39, 0.29) is 11.8 Å². The highest BCUT2D eigenvalue weighted by atomic mass is 16.4. The SMILES string of the molecule is C/C=C/C=C(\C)C(=O)N[C@@H](C(=O)O)[C@@H](C)CC. The molecule has 0 aliphatic rings. The van der Waals surface area contributed by atoms with Crippen molar-refractivity contribution in [3.05, 3.63) is 23.8 Å². The fourth-order valence-electron chi connectivity index (χ4n) is 1.25. The molecule has 0 fully saturated rings. The maximum Gasteiger partial charge on any atom is 0.326 e. The molecule has 0 rings (SSSR count). The van der Waals surface area contributed by atoms with E-state index in [2.05, 4.69) is 5.32 Å². The van der Waals surface area contributed by atoms with E-state index >= 15 is 0 Å². The van der Waals surface area contributed by atoms with Crippen LogP contribution >= 0.6 is 0 Å². The number of allylic oxidation sites excluding steroid dienone is 3. The molecule has 0 aliphatic heterocycles. The summed E-state index contributed by atoms with van der Waals surface area (Å²) in [6.07, 6.45) is 5.91. The van der Waals surface area contributed by atoms with E-state index in [4.69, 9.17) is 5.11 Å². The Hall–Kier alpha value is -1.58. The zero-order chi connectivity index (χ0) is 13.4. The zero-order valence-corrected chi connectivity index (χ0v) is 10.9. The Labute approximate surface area is 102 Å². The summed E-state index contributed by atoms with van der Waals surface area (Å²) in [7, 11) is 0. The molecule has 0 aromatic rings. The number of rotatable bonds is 6. The minimum atomic E-state index is -0.994. The van der Waals surface area contributed by atoms with E-state index in [0.717, 1.165) is 0 Å². The lowest BCUT2D eigenvalue weighted by Crippen LogP contribution is -2.45. The van der Waals surface area contributed by atoms with Crippen LogP contribution < -0.4 is 5.32 Å². The molecule has 0 spiro atoms. The van der Waals surface area contributed by atoms with Crippen molar-refractivity contribution in [2.45, 2.75) is 40.2 Å². The fraction of sp³-hybridized carbons (Fsp3) is 0.538. The molecule has 4 heteroatoms. The highest BCUT2D eigenvalue weighted by Crippen LogP contribution is 2.08. The summed E-state index contributed by atoms with van der Waals surface area (Å²) in [6.45, 7) is 7.21. The van der Waals surface area contributed by atoms with Gasteiger partial charge < -0.3 is 10.4 Å². The minimum absolute atomic E-state index is 0.0917. The molecule has 0 aromatic heterocycles. The lowest BCUT2D eigenvalue weighted by atomic mass is 9.99. The van der Waals surface area contributed by atoms with Crippen molar-refractivity contribution >= 4 is 11.9 Å². The lowest BCUT2D eigenvalue weighted by molar-refractivity contribution is -0.142. The average Bonchev–Trinajstić information content (AvgIpc) is 2.31. The summed E-state index contributed by atoms with van der Waals surface area (Å²) < 4.78 is 0. The molecule has 17 heavy (non-hydrogen) atoms. The first kappa shape index (κ1) is 15.4. The number of carbonyl (C=O) groups is 2. The standard InChI is InChI=1S/C13H21NO3/c1-5-7-8-10(4)12(15)14-11(13(16)17)9(3)6-2/h5,7-9,11H,6H2,1-4H3,(H,14,15)(H,16,17)/b7-5+,10-8+/t9-,11+/m0/s1. The van der Waals surface area contributed by atoms with Gasteiger partial charge in [0.05, 0.1) is 0 Å². The van der Waals surface area contributed by atoms with Crippen molar-refractivity contribution in [1.82, 2.24) is 5.32 Å². The van der Waals surface area contributed by atoms with Crippen molar-refractivity contribution < 1.29 is 14.7 Å². The van der Waals surface area contributed by atoms with Gasteiger partial charge in [-0.3, -0.25) is 4.79 Å². The maximum atomic E-state index is 11.7. The van der Waals surface area contributed by atoms with Gasteiger partial charge in [-0.15, -0.1) is 0 Å². The van der Waals surface area contributed by atoms with E-state index in [0.29, 0.717) is 12.0 Å². The second-order valence-electron chi connectivity index (χ2n) is 4.05. The van der Waals surface area contributed by atoms with Crippen LogP contribution in [-0.4, -0.2) is 23.0 Å². The summed E-state index contributed by atoms with van der Waals surface area (Å²) in [5.74, 6) is -1.42. The molecule has 0 saturated carbocycles. The van der Waals surface area contributed by atoms with E-state index in [1.54, 1.807) is 25.2 Å². The van der Waals surface area contributed by atoms with Gasteiger partial charge in [-0.1, -0.05) is 38.5 Å². The molecule has 0 heterocycles. The number of hydrogen-bond donors (Lipinski definition) is 2. The third-order valence-electron chi connectivity index (χ3n) is 2.66. The maximum absolute atomic E-state index is 11.7. The fourth-order valence-corrected chi connectivity index (χ4v) is 1.25. The Kier molecular flexibility index (Phi) is 6.94. The molecular formula is C13H21NO3. The first-order chi connectivity index (χ1) is 7.93. The lowest BCUT2D eigenvalue weighted by Gasteiger charge is -2.20. The van der Waals surface area contributed by atoms with Gasteiger partial charge in [0.1, 0.15) is 6.04 Å².